The van der Waals surface area contributed by atoms with Crippen LogP contribution >= 0.6 is 0 Å². The molecule has 0 saturated carbocycles. The Morgan fingerprint density at radius 3 is 2.72 bits per heavy atom. The molecule has 134 valence electrons. The number of nitrogens with zero attached hydrogens (tertiary/aromatic N) is 3. The highest BCUT2D eigenvalue weighted by Crippen LogP contribution is 2.25. The minimum absolute atomic E-state index is 0.0347. The lowest BCUT2D eigenvalue weighted by Crippen LogP contribution is -2.27. The van der Waals surface area contributed by atoms with Crippen molar-refractivity contribution in [3.63, 3.8) is 0 Å². The van der Waals surface area contributed by atoms with Crippen LogP contribution in [0.2, 0.25) is 0 Å². The summed E-state index contributed by atoms with van der Waals surface area (Å²) in [6, 6.07) is 3.26. The maximum atomic E-state index is 13.4. The normalized spacial score (nSPS) is 11.5. The van der Waals surface area contributed by atoms with Crippen molar-refractivity contribution in [1.29, 1.82) is 0 Å². The van der Waals surface area contributed by atoms with Crippen molar-refractivity contribution in [3.05, 3.63) is 54.0 Å². The number of halogens is 3. The predicted molar refractivity (Wildman–Crippen MR) is 84.2 cm³/mol. The zero-order chi connectivity index (χ0) is 18.4. The van der Waals surface area contributed by atoms with Gasteiger partial charge in [-0.1, -0.05) is 0 Å². The molecular formula is C15H16F3N5O2. The molecule has 0 radical (unpaired) electrons. The van der Waals surface area contributed by atoms with E-state index in [4.69, 9.17) is 16.3 Å². The van der Waals surface area contributed by atoms with E-state index in [2.05, 4.69) is 14.7 Å². The number of aryl methyl sites for hydroxylation is 1. The maximum absolute atomic E-state index is 13.4. The molecule has 10 heteroatoms. The molecule has 7 nitrogen and oxygen atoms in total. The van der Waals surface area contributed by atoms with Crippen LogP contribution in [0.25, 0.3) is 0 Å². The van der Waals surface area contributed by atoms with Crippen molar-refractivity contribution in [2.24, 2.45) is 11.6 Å². The third kappa shape index (κ3) is 5.53. The van der Waals surface area contributed by atoms with E-state index < -0.39 is 18.2 Å². The van der Waals surface area contributed by atoms with Crippen LogP contribution in [0, 0.1) is 12.7 Å². The van der Waals surface area contributed by atoms with Crippen LogP contribution in [0.4, 0.5) is 18.9 Å². The quantitative estimate of drug-likeness (QED) is 0.579. The van der Waals surface area contributed by atoms with Crippen molar-refractivity contribution >= 4 is 5.69 Å². The summed E-state index contributed by atoms with van der Waals surface area (Å²) >= 11 is 0. The van der Waals surface area contributed by atoms with Crippen LogP contribution in [0.15, 0.2) is 42.5 Å². The van der Waals surface area contributed by atoms with E-state index in [-0.39, 0.29) is 23.9 Å². The number of ether oxygens (including phenoxy) is 2. The van der Waals surface area contributed by atoms with Crippen LogP contribution in [0.1, 0.15) is 5.69 Å². The molecule has 25 heavy (non-hydrogen) atoms. The average molecular weight is 355 g/mol. The molecule has 0 saturated heterocycles. The third-order valence-electron chi connectivity index (χ3n) is 2.88. The van der Waals surface area contributed by atoms with Crippen molar-refractivity contribution in [1.82, 2.24) is 9.97 Å². The van der Waals surface area contributed by atoms with Gasteiger partial charge in [0.05, 0.1) is 29.5 Å². The first-order chi connectivity index (χ1) is 11.8. The number of benzene rings is 1. The number of alkyl halides is 2. The lowest BCUT2D eigenvalue weighted by Gasteiger charge is -2.16. The summed E-state index contributed by atoms with van der Waals surface area (Å²) in [6.07, 6.45) is 4.27. The van der Waals surface area contributed by atoms with Crippen molar-refractivity contribution < 1.29 is 22.6 Å². The van der Waals surface area contributed by atoms with Crippen molar-refractivity contribution in [3.8, 4) is 11.6 Å². The molecule has 1 heterocycles. The summed E-state index contributed by atoms with van der Waals surface area (Å²) in [7, 11) is 0. The van der Waals surface area contributed by atoms with Gasteiger partial charge in [-0.05, 0) is 19.1 Å². The van der Waals surface area contributed by atoms with E-state index in [0.717, 1.165) is 22.8 Å². The molecule has 0 aliphatic carbocycles. The van der Waals surface area contributed by atoms with Gasteiger partial charge < -0.3 is 15.2 Å². The number of rotatable bonds is 7. The zero-order valence-corrected chi connectivity index (χ0v) is 13.2. The van der Waals surface area contributed by atoms with Gasteiger partial charge in [0, 0.05) is 12.3 Å². The molecule has 0 atom stereocenters. The number of aromatic nitrogens is 2. The van der Waals surface area contributed by atoms with Crippen molar-refractivity contribution in [2.45, 2.75) is 13.5 Å². The number of anilines is 1. The van der Waals surface area contributed by atoms with Crippen LogP contribution in [-0.2, 0) is 0 Å². The minimum atomic E-state index is -3.15. The zero-order valence-electron chi connectivity index (χ0n) is 13.2. The van der Waals surface area contributed by atoms with Gasteiger partial charge in [-0.15, -0.1) is 0 Å². The monoisotopic (exact) mass is 355 g/mol. The van der Waals surface area contributed by atoms with E-state index in [1.807, 2.05) is 0 Å². The van der Waals surface area contributed by atoms with Crippen LogP contribution in [0.5, 0.6) is 11.6 Å². The molecule has 2 rings (SSSR count). The highest BCUT2D eigenvalue weighted by atomic mass is 19.3. The Balaban J connectivity index is 2.02. The molecular weight excluding hydrogens is 339 g/mol. The Hall–Kier alpha value is -3.01. The Kier molecular flexibility index (Phi) is 6.01. The van der Waals surface area contributed by atoms with E-state index >= 15 is 0 Å². The first kappa shape index (κ1) is 18.3. The Bertz CT molecular complexity index is 740. The summed E-state index contributed by atoms with van der Waals surface area (Å²) in [4.78, 5) is 8.01. The molecule has 0 spiro atoms. The summed E-state index contributed by atoms with van der Waals surface area (Å²) in [5, 5.41) is 1.03. The highest BCUT2D eigenvalue weighted by molar-refractivity contribution is 5.52. The average Bonchev–Trinajstić information content (AvgIpc) is 2.56. The van der Waals surface area contributed by atoms with Crippen LogP contribution < -0.4 is 26.1 Å². The van der Waals surface area contributed by atoms with E-state index in [9.17, 15) is 13.2 Å². The van der Waals surface area contributed by atoms with Gasteiger partial charge in [0.25, 0.3) is 0 Å². The molecule has 0 bridgehead atoms. The standard InChI is InChI=1S/C15H16F3N5O2/c1-9-5-22-14(6-21-9)24-8-10(19)7-23(20)11-2-3-12(16)13(4-11)25-15(17)18/h2-7,15H,8,19-20H2,1H3/b10-7-. The SMILES string of the molecule is Cc1cnc(OC/C(N)=C/N(N)c2ccc(F)c(OC(F)F)c2)cn1. The van der Waals surface area contributed by atoms with Gasteiger partial charge in [-0.2, -0.15) is 8.78 Å². The number of nitrogens with two attached hydrogens (primary N) is 2. The topological polar surface area (TPSA) is 99.5 Å². The van der Waals surface area contributed by atoms with Crippen LogP contribution in [-0.4, -0.2) is 23.2 Å². The largest absolute Gasteiger partial charge is 0.470 e. The maximum Gasteiger partial charge on any atom is 0.387 e. The molecule has 0 fully saturated rings. The van der Waals surface area contributed by atoms with Gasteiger partial charge in [-0.25, -0.2) is 15.2 Å². The third-order valence-corrected chi connectivity index (χ3v) is 2.88. The molecule has 2 aromatic rings. The molecule has 0 aliphatic rings. The predicted octanol–water partition coefficient (Wildman–Crippen LogP) is 2.08. The van der Waals surface area contributed by atoms with Gasteiger partial charge in [0.15, 0.2) is 11.6 Å². The number of hydrazine groups is 1. The Morgan fingerprint density at radius 2 is 2.08 bits per heavy atom. The summed E-state index contributed by atoms with van der Waals surface area (Å²) in [5.74, 6) is 4.48. The molecule has 0 aliphatic heterocycles. The fraction of sp³-hybridized carbons (Fsp3) is 0.200. The lowest BCUT2D eigenvalue weighted by atomic mass is 10.3. The Labute approximate surface area is 141 Å². The fourth-order valence-electron chi connectivity index (χ4n) is 1.74. The van der Waals surface area contributed by atoms with E-state index in [0.29, 0.717) is 0 Å². The van der Waals surface area contributed by atoms with Gasteiger partial charge in [-0.3, -0.25) is 9.99 Å². The summed E-state index contributed by atoms with van der Waals surface area (Å²) in [5.41, 5.74) is 6.92. The number of hydrogen-bond donors (Lipinski definition) is 2. The lowest BCUT2D eigenvalue weighted by molar-refractivity contribution is -0.0521. The second-order valence-electron chi connectivity index (χ2n) is 4.89. The smallest absolute Gasteiger partial charge is 0.387 e. The first-order valence-electron chi connectivity index (χ1n) is 7.01. The molecule has 1 aromatic carbocycles. The van der Waals surface area contributed by atoms with Crippen LogP contribution in [0.3, 0.4) is 0 Å². The molecule has 0 unspecified atom stereocenters. The summed E-state index contributed by atoms with van der Waals surface area (Å²) in [6.45, 7) is -1.40. The van der Waals surface area contributed by atoms with E-state index in [1.54, 1.807) is 6.92 Å². The molecule has 4 N–H and O–H groups in total. The van der Waals surface area contributed by atoms with E-state index in [1.165, 1.54) is 24.7 Å². The summed E-state index contributed by atoms with van der Waals surface area (Å²) < 4.78 is 47.3. The molecule has 0 amide bonds. The Morgan fingerprint density at radius 1 is 1.32 bits per heavy atom. The second-order valence-corrected chi connectivity index (χ2v) is 4.89. The minimum Gasteiger partial charge on any atom is -0.470 e. The second kappa shape index (κ2) is 8.20. The van der Waals surface area contributed by atoms with Gasteiger partial charge in [0.2, 0.25) is 5.88 Å². The van der Waals surface area contributed by atoms with Gasteiger partial charge in [0.1, 0.15) is 6.61 Å². The number of hydrogen-bond acceptors (Lipinski definition) is 7. The van der Waals surface area contributed by atoms with Crippen molar-refractivity contribution in [2.75, 3.05) is 11.6 Å². The fourth-order valence-corrected chi connectivity index (χ4v) is 1.74. The first-order valence-corrected chi connectivity index (χ1v) is 7.01. The highest BCUT2D eigenvalue weighted by Gasteiger charge is 2.12. The van der Waals surface area contributed by atoms with Gasteiger partial charge >= 0.3 is 6.61 Å². The molecule has 1 aromatic heterocycles.